The normalized spacial score (nSPS) is 19.2. The maximum absolute atomic E-state index is 5.11. The van der Waals surface area contributed by atoms with Gasteiger partial charge in [0.05, 0.1) is 11.6 Å². The predicted molar refractivity (Wildman–Crippen MR) is 84.3 cm³/mol. The molecule has 0 aliphatic carbocycles. The van der Waals surface area contributed by atoms with Crippen LogP contribution in [0.25, 0.3) is 0 Å². The van der Waals surface area contributed by atoms with Gasteiger partial charge in [-0.15, -0.1) is 11.3 Å². The lowest BCUT2D eigenvalue weighted by Gasteiger charge is -2.23. The minimum atomic E-state index is 0.503. The van der Waals surface area contributed by atoms with Gasteiger partial charge >= 0.3 is 0 Å². The van der Waals surface area contributed by atoms with Gasteiger partial charge in [0.15, 0.2) is 0 Å². The summed E-state index contributed by atoms with van der Waals surface area (Å²) < 4.78 is 5.11. The monoisotopic (exact) mass is 303 g/mol. The number of pyridine rings is 1. The van der Waals surface area contributed by atoms with Gasteiger partial charge < -0.3 is 4.74 Å². The molecule has 3 heterocycles. The van der Waals surface area contributed by atoms with Crippen LogP contribution in [0.1, 0.15) is 34.3 Å². The fourth-order valence-electron chi connectivity index (χ4n) is 2.89. The Hall–Kier alpha value is -1.30. The number of rotatable bonds is 6. The van der Waals surface area contributed by atoms with Crippen molar-refractivity contribution in [2.45, 2.75) is 31.8 Å². The largest absolute Gasteiger partial charge is 0.384 e. The van der Waals surface area contributed by atoms with Crippen LogP contribution in [0.4, 0.5) is 0 Å². The Bertz CT molecular complexity index is 558. The summed E-state index contributed by atoms with van der Waals surface area (Å²) in [7, 11) is 1.73. The lowest BCUT2D eigenvalue weighted by molar-refractivity contribution is 0.202. The van der Waals surface area contributed by atoms with Crippen LogP contribution in [0.15, 0.2) is 30.7 Å². The Morgan fingerprint density at radius 3 is 3.19 bits per heavy atom. The van der Waals surface area contributed by atoms with E-state index in [4.69, 9.17) is 4.74 Å². The second-order valence-corrected chi connectivity index (χ2v) is 6.58. The van der Waals surface area contributed by atoms with Crippen LogP contribution in [-0.2, 0) is 17.7 Å². The van der Waals surface area contributed by atoms with E-state index < -0.39 is 0 Å². The van der Waals surface area contributed by atoms with Gasteiger partial charge in [-0.1, -0.05) is 6.07 Å². The van der Waals surface area contributed by atoms with E-state index in [1.807, 2.05) is 36.0 Å². The number of hydrogen-bond acceptors (Lipinski definition) is 5. The third-order valence-corrected chi connectivity index (χ3v) is 4.96. The Balaban J connectivity index is 1.65. The van der Waals surface area contributed by atoms with Crippen molar-refractivity contribution in [3.05, 3.63) is 46.2 Å². The summed E-state index contributed by atoms with van der Waals surface area (Å²) >= 11 is 1.81. The Morgan fingerprint density at radius 2 is 2.38 bits per heavy atom. The zero-order chi connectivity index (χ0) is 14.5. The second-order valence-electron chi connectivity index (χ2n) is 5.38. The lowest BCUT2D eigenvalue weighted by Crippen LogP contribution is -2.22. The van der Waals surface area contributed by atoms with Crippen molar-refractivity contribution in [1.29, 1.82) is 0 Å². The molecule has 3 rings (SSSR count). The van der Waals surface area contributed by atoms with Crippen molar-refractivity contribution in [3.63, 3.8) is 0 Å². The van der Waals surface area contributed by atoms with E-state index in [9.17, 15) is 0 Å². The molecule has 0 amide bonds. The molecule has 1 unspecified atom stereocenters. The lowest BCUT2D eigenvalue weighted by atomic mass is 10.1. The Kier molecular flexibility index (Phi) is 4.95. The average Bonchev–Trinajstić information content (AvgIpc) is 3.16. The predicted octanol–water partition coefficient (Wildman–Crippen LogP) is 3.06. The van der Waals surface area contributed by atoms with Gasteiger partial charge in [-0.2, -0.15) is 0 Å². The van der Waals surface area contributed by atoms with E-state index in [-0.39, 0.29) is 0 Å². The number of thiazole rings is 1. The van der Waals surface area contributed by atoms with Crippen LogP contribution in [0, 0.1) is 0 Å². The summed E-state index contributed by atoms with van der Waals surface area (Å²) in [6, 6.07) is 4.72. The molecule has 0 radical (unpaired) electrons. The van der Waals surface area contributed by atoms with Crippen LogP contribution in [0.2, 0.25) is 0 Å². The molecule has 112 valence electrons. The second kappa shape index (κ2) is 7.11. The Morgan fingerprint density at radius 1 is 1.43 bits per heavy atom. The minimum absolute atomic E-state index is 0.503. The molecule has 5 heteroatoms. The third-order valence-electron chi connectivity index (χ3n) is 3.91. The molecular weight excluding hydrogens is 282 g/mol. The highest BCUT2D eigenvalue weighted by Gasteiger charge is 2.26. The first-order chi connectivity index (χ1) is 10.4. The van der Waals surface area contributed by atoms with E-state index in [0.717, 1.165) is 26.1 Å². The third kappa shape index (κ3) is 3.67. The zero-order valence-corrected chi connectivity index (χ0v) is 13.2. The first-order valence-electron chi connectivity index (χ1n) is 7.43. The van der Waals surface area contributed by atoms with Gasteiger partial charge in [-0.05, 0) is 31.0 Å². The molecule has 0 bridgehead atoms. The molecule has 1 saturated heterocycles. The van der Waals surface area contributed by atoms with Crippen molar-refractivity contribution in [3.8, 4) is 0 Å². The van der Waals surface area contributed by atoms with E-state index in [0.29, 0.717) is 6.04 Å². The molecule has 0 spiro atoms. The van der Waals surface area contributed by atoms with Crippen LogP contribution in [0.5, 0.6) is 0 Å². The topological polar surface area (TPSA) is 38.2 Å². The van der Waals surface area contributed by atoms with Gasteiger partial charge in [-0.25, -0.2) is 4.98 Å². The van der Waals surface area contributed by atoms with Gasteiger partial charge in [0.1, 0.15) is 0 Å². The molecule has 4 nitrogen and oxygen atoms in total. The summed E-state index contributed by atoms with van der Waals surface area (Å²) in [6.07, 6.45) is 9.26. The fourth-order valence-corrected chi connectivity index (χ4v) is 3.82. The van der Waals surface area contributed by atoms with Gasteiger partial charge in [0.25, 0.3) is 0 Å². The molecule has 1 fully saturated rings. The van der Waals surface area contributed by atoms with Gasteiger partial charge in [-0.3, -0.25) is 9.88 Å². The minimum Gasteiger partial charge on any atom is -0.384 e. The maximum Gasteiger partial charge on any atom is 0.0951 e. The van der Waals surface area contributed by atoms with Gasteiger partial charge in [0, 0.05) is 49.6 Å². The first kappa shape index (κ1) is 14.6. The molecule has 0 N–H and O–H groups in total. The van der Waals surface area contributed by atoms with E-state index in [1.165, 1.54) is 28.3 Å². The highest BCUT2D eigenvalue weighted by molar-refractivity contribution is 7.11. The first-order valence-corrected chi connectivity index (χ1v) is 8.25. The molecule has 21 heavy (non-hydrogen) atoms. The number of likely N-dealkylation sites (tertiary alicyclic amines) is 1. The smallest absolute Gasteiger partial charge is 0.0951 e. The van der Waals surface area contributed by atoms with Gasteiger partial charge in [0.2, 0.25) is 0 Å². The van der Waals surface area contributed by atoms with Crippen LogP contribution < -0.4 is 0 Å². The quantitative estimate of drug-likeness (QED) is 0.822. The van der Waals surface area contributed by atoms with Crippen molar-refractivity contribution in [1.82, 2.24) is 14.9 Å². The summed E-state index contributed by atoms with van der Waals surface area (Å²) in [5.41, 5.74) is 1.33. The summed E-state index contributed by atoms with van der Waals surface area (Å²) in [4.78, 5) is 12.6. The van der Waals surface area contributed by atoms with Crippen molar-refractivity contribution in [2.24, 2.45) is 0 Å². The zero-order valence-electron chi connectivity index (χ0n) is 12.4. The number of aromatic nitrogens is 2. The van der Waals surface area contributed by atoms with E-state index in [1.54, 1.807) is 7.11 Å². The van der Waals surface area contributed by atoms with Crippen molar-refractivity contribution < 1.29 is 4.74 Å². The molecular formula is C16H21N3OS. The van der Waals surface area contributed by atoms with Crippen molar-refractivity contribution in [2.75, 3.05) is 20.3 Å². The highest BCUT2D eigenvalue weighted by Crippen LogP contribution is 2.33. The number of hydrogen-bond donors (Lipinski definition) is 0. The Labute approximate surface area is 129 Å². The molecule has 2 aromatic heterocycles. The molecule has 2 aromatic rings. The molecule has 1 atom stereocenters. The molecule has 1 aliphatic heterocycles. The standard InChI is InChI=1S/C16H21N3OS/c1-20-9-6-16-18-11-14(21-16)12-19-8-3-5-15(19)13-4-2-7-17-10-13/h2,4,7,10-11,15H,3,5-6,8-9,12H2,1H3. The summed E-state index contributed by atoms with van der Waals surface area (Å²) in [6.45, 7) is 2.89. The molecule has 0 aromatic carbocycles. The van der Waals surface area contributed by atoms with Crippen LogP contribution in [-0.4, -0.2) is 35.1 Å². The summed E-state index contributed by atoms with van der Waals surface area (Å²) in [5, 5.41) is 1.17. The maximum atomic E-state index is 5.11. The average molecular weight is 303 g/mol. The van der Waals surface area contributed by atoms with E-state index in [2.05, 4.69) is 20.9 Å². The highest BCUT2D eigenvalue weighted by atomic mass is 32.1. The van der Waals surface area contributed by atoms with Crippen molar-refractivity contribution >= 4 is 11.3 Å². The van der Waals surface area contributed by atoms with Crippen LogP contribution in [0.3, 0.4) is 0 Å². The fraction of sp³-hybridized carbons (Fsp3) is 0.500. The number of methoxy groups -OCH3 is 1. The van der Waals surface area contributed by atoms with E-state index >= 15 is 0 Å². The van der Waals surface area contributed by atoms with Crippen LogP contribution >= 0.6 is 11.3 Å². The number of ether oxygens (including phenoxy) is 1. The molecule has 0 saturated carbocycles. The SMILES string of the molecule is COCCc1ncc(CN2CCCC2c2cccnc2)s1. The number of nitrogens with zero attached hydrogens (tertiary/aromatic N) is 3. The summed E-state index contributed by atoms with van der Waals surface area (Å²) in [5.74, 6) is 0. The molecule has 1 aliphatic rings.